The van der Waals surface area contributed by atoms with Gasteiger partial charge >= 0.3 is 0 Å². The first kappa shape index (κ1) is 10.5. The van der Waals surface area contributed by atoms with E-state index >= 15 is 0 Å². The molecule has 0 N–H and O–H groups in total. The largest absolute Gasteiger partial charge is 0.260 e. The molecule has 1 aromatic rings. The summed E-state index contributed by atoms with van der Waals surface area (Å²) >= 11 is 1.69. The first-order valence-electron chi connectivity index (χ1n) is 4.41. The van der Waals surface area contributed by atoms with Gasteiger partial charge < -0.3 is 0 Å². The molecular formula is C10H16N2S. The molecule has 0 spiro atoms. The molecule has 72 valence electrons. The highest BCUT2D eigenvalue weighted by molar-refractivity contribution is 7.97. The minimum atomic E-state index is 0.512. The lowest BCUT2D eigenvalue weighted by Gasteiger charge is -2.09. The molecule has 1 heterocycles. The van der Waals surface area contributed by atoms with Crippen molar-refractivity contribution in [1.82, 2.24) is 9.29 Å². The van der Waals surface area contributed by atoms with E-state index in [2.05, 4.69) is 35.3 Å². The van der Waals surface area contributed by atoms with Crippen LogP contribution in [0.3, 0.4) is 0 Å². The highest BCUT2D eigenvalue weighted by Gasteiger charge is 2.01. The maximum Gasteiger partial charge on any atom is 0.0429 e. The first-order valence-corrected chi connectivity index (χ1v) is 5.18. The molecule has 0 aliphatic rings. The van der Waals surface area contributed by atoms with Crippen molar-refractivity contribution in [1.29, 1.82) is 0 Å². The van der Waals surface area contributed by atoms with Crippen molar-refractivity contribution in [3.05, 3.63) is 24.0 Å². The minimum Gasteiger partial charge on any atom is -0.260 e. The summed E-state index contributed by atoms with van der Waals surface area (Å²) < 4.78 is 2.06. The van der Waals surface area contributed by atoms with Gasteiger partial charge in [-0.15, -0.1) is 0 Å². The van der Waals surface area contributed by atoms with Gasteiger partial charge in [0.05, 0.1) is 0 Å². The van der Waals surface area contributed by atoms with E-state index in [1.165, 1.54) is 4.90 Å². The monoisotopic (exact) mass is 196 g/mol. The van der Waals surface area contributed by atoms with E-state index in [1.54, 1.807) is 11.9 Å². The molecule has 0 aliphatic carbocycles. The van der Waals surface area contributed by atoms with Crippen LogP contribution in [-0.4, -0.2) is 23.4 Å². The van der Waals surface area contributed by atoms with Crippen molar-refractivity contribution < 1.29 is 0 Å². The summed E-state index contributed by atoms with van der Waals surface area (Å²) in [5, 5.41) is 0. The van der Waals surface area contributed by atoms with Crippen LogP contribution >= 0.6 is 11.9 Å². The third-order valence-corrected chi connectivity index (χ3v) is 2.46. The molecule has 2 nitrogen and oxygen atoms in total. The van der Waals surface area contributed by atoms with Gasteiger partial charge in [-0.05, 0) is 44.1 Å². The molecule has 0 aromatic carbocycles. The van der Waals surface area contributed by atoms with Crippen molar-refractivity contribution in [2.24, 2.45) is 0 Å². The van der Waals surface area contributed by atoms with Gasteiger partial charge in [-0.3, -0.25) is 9.29 Å². The van der Waals surface area contributed by atoms with Gasteiger partial charge in [-0.1, -0.05) is 13.8 Å². The van der Waals surface area contributed by atoms with Crippen molar-refractivity contribution in [2.45, 2.75) is 24.7 Å². The number of rotatable bonds is 3. The summed E-state index contributed by atoms with van der Waals surface area (Å²) in [6, 6.07) is 4.21. The number of nitrogens with zero attached hydrogens (tertiary/aromatic N) is 2. The zero-order valence-electron chi connectivity index (χ0n) is 8.61. The van der Waals surface area contributed by atoms with E-state index in [1.807, 2.05) is 20.3 Å². The predicted molar refractivity (Wildman–Crippen MR) is 57.9 cm³/mol. The normalized spacial score (nSPS) is 11.2. The second kappa shape index (κ2) is 4.63. The van der Waals surface area contributed by atoms with Gasteiger partial charge in [-0.25, -0.2) is 0 Å². The Labute approximate surface area is 84.5 Å². The molecule has 1 aromatic heterocycles. The molecule has 0 bridgehead atoms. The van der Waals surface area contributed by atoms with Gasteiger partial charge in [0.1, 0.15) is 0 Å². The third kappa shape index (κ3) is 3.36. The lowest BCUT2D eigenvalue weighted by atomic mass is 10.1. The standard InChI is InChI=1S/C10H16N2S/c1-8(2)10-6-5-9(7-11-10)13-12(3)4/h5-8H,1-4H3. The van der Waals surface area contributed by atoms with E-state index in [-0.39, 0.29) is 0 Å². The Morgan fingerprint density at radius 3 is 2.38 bits per heavy atom. The van der Waals surface area contributed by atoms with Crippen LogP contribution in [0.15, 0.2) is 23.2 Å². The average Bonchev–Trinajstić information content (AvgIpc) is 2.04. The fraction of sp³-hybridized carbons (Fsp3) is 0.500. The molecule has 13 heavy (non-hydrogen) atoms. The second-order valence-electron chi connectivity index (χ2n) is 3.48. The quantitative estimate of drug-likeness (QED) is 0.692. The summed E-state index contributed by atoms with van der Waals surface area (Å²) in [4.78, 5) is 5.57. The van der Waals surface area contributed by atoms with Gasteiger partial charge in [0.15, 0.2) is 0 Å². The van der Waals surface area contributed by atoms with E-state index in [4.69, 9.17) is 0 Å². The predicted octanol–water partition coefficient (Wildman–Crippen LogP) is 2.77. The number of pyridine rings is 1. The molecule has 0 radical (unpaired) electrons. The highest BCUT2D eigenvalue weighted by atomic mass is 32.2. The topological polar surface area (TPSA) is 16.1 Å². The Hall–Kier alpha value is -0.540. The molecule has 0 amide bonds. The van der Waals surface area contributed by atoms with E-state index < -0.39 is 0 Å². The summed E-state index contributed by atoms with van der Waals surface area (Å²) in [6.07, 6.45) is 1.93. The zero-order chi connectivity index (χ0) is 9.84. The molecular weight excluding hydrogens is 180 g/mol. The molecule has 3 heteroatoms. The smallest absolute Gasteiger partial charge is 0.0429 e. The Kier molecular flexibility index (Phi) is 3.75. The van der Waals surface area contributed by atoms with Crippen LogP contribution in [0.25, 0.3) is 0 Å². The van der Waals surface area contributed by atoms with E-state index in [0.29, 0.717) is 5.92 Å². The molecule has 0 atom stereocenters. The summed E-state index contributed by atoms with van der Waals surface area (Å²) in [6.45, 7) is 4.31. The Balaban J connectivity index is 2.70. The van der Waals surface area contributed by atoms with Crippen LogP contribution in [-0.2, 0) is 0 Å². The fourth-order valence-electron chi connectivity index (χ4n) is 0.998. The molecule has 0 fully saturated rings. The minimum absolute atomic E-state index is 0.512. The van der Waals surface area contributed by atoms with Gasteiger partial charge in [0.2, 0.25) is 0 Å². The SMILES string of the molecule is CC(C)c1ccc(SN(C)C)cn1. The number of hydrogen-bond donors (Lipinski definition) is 0. The van der Waals surface area contributed by atoms with Crippen LogP contribution in [0, 0.1) is 0 Å². The second-order valence-corrected chi connectivity index (χ2v) is 4.86. The molecule has 0 saturated heterocycles. The third-order valence-electron chi connectivity index (χ3n) is 1.64. The van der Waals surface area contributed by atoms with Gasteiger partial charge in [0.25, 0.3) is 0 Å². The van der Waals surface area contributed by atoms with Crippen LogP contribution in [0.5, 0.6) is 0 Å². The summed E-state index contributed by atoms with van der Waals surface area (Å²) in [7, 11) is 4.06. The van der Waals surface area contributed by atoms with Crippen LogP contribution < -0.4 is 0 Å². The van der Waals surface area contributed by atoms with Crippen molar-refractivity contribution >= 4 is 11.9 Å². The molecule has 0 unspecified atom stereocenters. The zero-order valence-corrected chi connectivity index (χ0v) is 9.43. The van der Waals surface area contributed by atoms with Crippen LogP contribution in [0.2, 0.25) is 0 Å². The maximum absolute atomic E-state index is 4.38. The average molecular weight is 196 g/mol. The van der Waals surface area contributed by atoms with Gasteiger partial charge in [-0.2, -0.15) is 0 Å². The number of aromatic nitrogens is 1. The van der Waals surface area contributed by atoms with Crippen molar-refractivity contribution in [2.75, 3.05) is 14.1 Å². The summed E-state index contributed by atoms with van der Waals surface area (Å²) in [5.74, 6) is 0.512. The highest BCUT2D eigenvalue weighted by Crippen LogP contribution is 2.20. The lowest BCUT2D eigenvalue weighted by Crippen LogP contribution is -1.99. The van der Waals surface area contributed by atoms with Crippen molar-refractivity contribution in [3.63, 3.8) is 0 Å². The Bertz CT molecular complexity index is 254. The fourth-order valence-corrected chi connectivity index (χ4v) is 1.65. The Morgan fingerprint density at radius 2 is 2.00 bits per heavy atom. The molecule has 0 aliphatic heterocycles. The van der Waals surface area contributed by atoms with E-state index in [0.717, 1.165) is 5.69 Å². The molecule has 0 saturated carbocycles. The summed E-state index contributed by atoms with van der Waals surface area (Å²) in [5.41, 5.74) is 1.16. The molecule has 1 rings (SSSR count). The van der Waals surface area contributed by atoms with Crippen LogP contribution in [0.4, 0.5) is 0 Å². The van der Waals surface area contributed by atoms with Crippen LogP contribution in [0.1, 0.15) is 25.5 Å². The van der Waals surface area contributed by atoms with E-state index in [9.17, 15) is 0 Å². The number of hydrogen-bond acceptors (Lipinski definition) is 3. The maximum atomic E-state index is 4.38. The first-order chi connectivity index (χ1) is 6.09. The van der Waals surface area contributed by atoms with Gasteiger partial charge in [0, 0.05) is 16.8 Å². The Morgan fingerprint density at radius 1 is 1.31 bits per heavy atom. The lowest BCUT2D eigenvalue weighted by molar-refractivity contribution is 0.702. The van der Waals surface area contributed by atoms with Crippen molar-refractivity contribution in [3.8, 4) is 0 Å².